The Morgan fingerprint density at radius 2 is 0.946 bits per heavy atom. The summed E-state index contributed by atoms with van der Waals surface area (Å²) in [7, 11) is 0. The monoisotopic (exact) mass is 717 g/mol. The lowest BCUT2D eigenvalue weighted by Gasteiger charge is -2.28. The molecule has 262 valence electrons. The Bertz CT molecular complexity index is 3480. The first-order valence-corrected chi connectivity index (χ1v) is 18.9. The van der Waals surface area contributed by atoms with E-state index in [2.05, 4.69) is 157 Å². The average molecular weight is 718 g/mol. The molecule has 3 aromatic heterocycles. The van der Waals surface area contributed by atoms with Gasteiger partial charge in [0.25, 0.3) is 0 Å². The van der Waals surface area contributed by atoms with Gasteiger partial charge in [-0.1, -0.05) is 133 Å². The fourth-order valence-electron chi connectivity index (χ4n) is 8.69. The van der Waals surface area contributed by atoms with Gasteiger partial charge in [0.05, 0.1) is 5.69 Å². The zero-order chi connectivity index (χ0) is 36.7. The summed E-state index contributed by atoms with van der Waals surface area (Å²) in [5.41, 5.74) is 12.2. The molecule has 0 atom stereocenters. The SMILES string of the molecule is c1ccc(-c2ccc(N(c3ccc4ccccc4c3)c3c(-c4cccc5c4oc4ccccc45)ccc4c3oc3ccc5oc6ccccc6c5c34)cc2)cc1. The standard InChI is InChI=1S/C52H31NO3/c1-2-11-32(12-3-1)34-21-24-36(25-22-34)53(37-26-23-33-13-4-5-14-35(33)31-37)50-39(41-18-10-17-40-38-15-6-8-19-44(38)55-51(40)41)27-28-43-49-47(56-52(43)50)30-29-46-48(49)42-16-7-9-20-45(42)54-46/h1-31H. The van der Waals surface area contributed by atoms with Gasteiger partial charge < -0.3 is 18.2 Å². The summed E-state index contributed by atoms with van der Waals surface area (Å²) < 4.78 is 20.2. The molecule has 0 amide bonds. The van der Waals surface area contributed by atoms with Crippen molar-refractivity contribution in [1.82, 2.24) is 0 Å². The number of benzene rings is 9. The highest BCUT2D eigenvalue weighted by molar-refractivity contribution is 6.28. The van der Waals surface area contributed by atoms with Gasteiger partial charge in [0, 0.05) is 54.8 Å². The van der Waals surface area contributed by atoms with E-state index in [0.717, 1.165) is 105 Å². The maximum atomic E-state index is 7.13. The quantitative estimate of drug-likeness (QED) is 0.178. The Balaban J connectivity index is 1.21. The fourth-order valence-corrected chi connectivity index (χ4v) is 8.69. The highest BCUT2D eigenvalue weighted by atomic mass is 16.3. The second-order valence-corrected chi connectivity index (χ2v) is 14.4. The van der Waals surface area contributed by atoms with Gasteiger partial charge in [-0.3, -0.25) is 0 Å². The Morgan fingerprint density at radius 3 is 1.79 bits per heavy atom. The van der Waals surface area contributed by atoms with Gasteiger partial charge in [-0.05, 0) is 76.5 Å². The summed E-state index contributed by atoms with van der Waals surface area (Å²) in [5.74, 6) is 0. The van der Waals surface area contributed by atoms with Crippen LogP contribution in [-0.4, -0.2) is 0 Å². The maximum Gasteiger partial charge on any atom is 0.160 e. The minimum atomic E-state index is 0.781. The largest absolute Gasteiger partial charge is 0.456 e. The van der Waals surface area contributed by atoms with Crippen LogP contribution in [0.5, 0.6) is 0 Å². The molecule has 4 nitrogen and oxygen atoms in total. The second kappa shape index (κ2) is 12.0. The van der Waals surface area contributed by atoms with Crippen molar-refractivity contribution in [3.63, 3.8) is 0 Å². The van der Waals surface area contributed by atoms with E-state index in [-0.39, 0.29) is 0 Å². The van der Waals surface area contributed by atoms with Crippen LogP contribution in [0.3, 0.4) is 0 Å². The van der Waals surface area contributed by atoms with Crippen molar-refractivity contribution in [2.75, 3.05) is 4.90 Å². The lowest BCUT2D eigenvalue weighted by Crippen LogP contribution is -2.11. The van der Waals surface area contributed by atoms with Crippen LogP contribution in [0.2, 0.25) is 0 Å². The molecule has 0 bridgehead atoms. The smallest absolute Gasteiger partial charge is 0.160 e. The van der Waals surface area contributed by atoms with Gasteiger partial charge in [-0.2, -0.15) is 0 Å². The third kappa shape index (κ3) is 4.60. The van der Waals surface area contributed by atoms with Gasteiger partial charge in [-0.25, -0.2) is 0 Å². The average Bonchev–Trinajstić information content (AvgIpc) is 3.96. The third-order valence-corrected chi connectivity index (χ3v) is 11.3. The second-order valence-electron chi connectivity index (χ2n) is 14.4. The predicted molar refractivity (Wildman–Crippen MR) is 231 cm³/mol. The molecular weight excluding hydrogens is 687 g/mol. The Hall–Kier alpha value is -7.56. The summed E-state index contributed by atoms with van der Waals surface area (Å²) in [6.45, 7) is 0. The zero-order valence-electron chi connectivity index (χ0n) is 30.1. The van der Waals surface area contributed by atoms with E-state index >= 15 is 0 Å². The van der Waals surface area contributed by atoms with Crippen molar-refractivity contribution in [1.29, 1.82) is 0 Å². The van der Waals surface area contributed by atoms with Crippen molar-refractivity contribution in [2.24, 2.45) is 0 Å². The normalized spacial score (nSPS) is 11.9. The van der Waals surface area contributed by atoms with Gasteiger partial charge in [0.2, 0.25) is 0 Å². The van der Waals surface area contributed by atoms with E-state index in [4.69, 9.17) is 13.3 Å². The molecular formula is C52H31NO3. The molecule has 9 aromatic carbocycles. The number of para-hydroxylation sites is 3. The van der Waals surface area contributed by atoms with E-state index in [1.807, 2.05) is 36.4 Å². The van der Waals surface area contributed by atoms with Crippen LogP contribution in [0.25, 0.3) is 98.8 Å². The summed E-state index contributed by atoms with van der Waals surface area (Å²) in [5, 5.41) is 8.67. The van der Waals surface area contributed by atoms with Crippen LogP contribution in [0.15, 0.2) is 201 Å². The van der Waals surface area contributed by atoms with Crippen molar-refractivity contribution in [3.05, 3.63) is 188 Å². The Morgan fingerprint density at radius 1 is 0.321 bits per heavy atom. The first-order chi connectivity index (χ1) is 27.8. The van der Waals surface area contributed by atoms with Gasteiger partial charge in [-0.15, -0.1) is 0 Å². The molecule has 0 saturated carbocycles. The van der Waals surface area contributed by atoms with E-state index in [1.54, 1.807) is 0 Å². The van der Waals surface area contributed by atoms with E-state index < -0.39 is 0 Å². The number of nitrogens with zero attached hydrogens (tertiary/aromatic N) is 1. The summed E-state index contributed by atoms with van der Waals surface area (Å²) in [6.07, 6.45) is 0. The molecule has 0 spiro atoms. The van der Waals surface area contributed by atoms with Crippen LogP contribution in [0.4, 0.5) is 17.1 Å². The minimum Gasteiger partial charge on any atom is -0.456 e. The summed E-state index contributed by atoms with van der Waals surface area (Å²) in [4.78, 5) is 2.35. The molecule has 56 heavy (non-hydrogen) atoms. The Kier molecular flexibility index (Phi) is 6.60. The third-order valence-electron chi connectivity index (χ3n) is 11.3. The van der Waals surface area contributed by atoms with Gasteiger partial charge in [0.1, 0.15) is 27.9 Å². The summed E-state index contributed by atoms with van der Waals surface area (Å²) >= 11 is 0. The fraction of sp³-hybridized carbons (Fsp3) is 0. The highest BCUT2D eigenvalue weighted by Gasteiger charge is 2.27. The minimum absolute atomic E-state index is 0.781. The number of anilines is 3. The van der Waals surface area contributed by atoms with Crippen LogP contribution in [0.1, 0.15) is 0 Å². The first-order valence-electron chi connectivity index (χ1n) is 18.9. The molecule has 12 rings (SSSR count). The van der Waals surface area contributed by atoms with Crippen molar-refractivity contribution in [3.8, 4) is 22.3 Å². The van der Waals surface area contributed by atoms with Crippen LogP contribution in [0, 0.1) is 0 Å². The molecule has 12 aromatic rings. The number of rotatable bonds is 5. The maximum absolute atomic E-state index is 7.13. The lowest BCUT2D eigenvalue weighted by molar-refractivity contribution is 0.663. The molecule has 0 aliphatic carbocycles. The topological polar surface area (TPSA) is 42.7 Å². The van der Waals surface area contributed by atoms with Gasteiger partial charge in [0.15, 0.2) is 5.58 Å². The number of hydrogen-bond donors (Lipinski definition) is 0. The zero-order valence-corrected chi connectivity index (χ0v) is 30.1. The number of fused-ring (bicyclic) bond motifs is 11. The van der Waals surface area contributed by atoms with E-state index in [9.17, 15) is 0 Å². The predicted octanol–water partition coefficient (Wildman–Crippen LogP) is 15.3. The molecule has 0 radical (unpaired) electrons. The van der Waals surface area contributed by atoms with Crippen LogP contribution < -0.4 is 4.90 Å². The molecule has 4 heteroatoms. The molecule has 0 aliphatic heterocycles. The molecule has 0 fully saturated rings. The lowest BCUT2D eigenvalue weighted by atomic mass is 9.96. The molecule has 0 unspecified atom stereocenters. The molecule has 3 heterocycles. The van der Waals surface area contributed by atoms with Crippen molar-refractivity contribution >= 4 is 93.7 Å². The van der Waals surface area contributed by atoms with Crippen molar-refractivity contribution < 1.29 is 13.3 Å². The van der Waals surface area contributed by atoms with E-state index in [0.29, 0.717) is 0 Å². The van der Waals surface area contributed by atoms with Gasteiger partial charge >= 0.3 is 0 Å². The number of hydrogen-bond acceptors (Lipinski definition) is 4. The van der Waals surface area contributed by atoms with E-state index in [1.165, 1.54) is 10.9 Å². The van der Waals surface area contributed by atoms with Crippen LogP contribution in [-0.2, 0) is 0 Å². The summed E-state index contributed by atoms with van der Waals surface area (Å²) in [6, 6.07) is 66.0. The molecule has 0 N–H and O–H groups in total. The van der Waals surface area contributed by atoms with Crippen molar-refractivity contribution in [2.45, 2.75) is 0 Å². The number of furan rings is 3. The molecule has 0 saturated heterocycles. The highest BCUT2D eigenvalue weighted by Crippen LogP contribution is 2.51. The molecule has 0 aliphatic rings. The van der Waals surface area contributed by atoms with Crippen LogP contribution >= 0.6 is 0 Å². The first kappa shape index (κ1) is 30.9. The Labute approximate surface area is 321 Å².